The van der Waals surface area contributed by atoms with Gasteiger partial charge in [0.05, 0.1) is 21.7 Å². The average molecular weight is 465 g/mol. The molecule has 1 aromatic heterocycles. The molecule has 12 heteroatoms. The molecule has 0 amide bonds. The molecule has 1 aliphatic heterocycles. The third-order valence-corrected chi connectivity index (χ3v) is 11.1. The molecule has 2 heterocycles. The zero-order valence-electron chi connectivity index (χ0n) is 14.7. The van der Waals surface area contributed by atoms with E-state index in [1.807, 2.05) is 0 Å². The van der Waals surface area contributed by atoms with Gasteiger partial charge in [0.15, 0.2) is 19.7 Å². The van der Waals surface area contributed by atoms with Gasteiger partial charge in [-0.2, -0.15) is 0 Å². The second kappa shape index (κ2) is 7.84. The van der Waals surface area contributed by atoms with E-state index in [2.05, 4.69) is 5.32 Å². The maximum atomic E-state index is 12.8. The van der Waals surface area contributed by atoms with Crippen molar-refractivity contribution in [2.45, 2.75) is 26.8 Å². The molecule has 1 aliphatic rings. The zero-order chi connectivity index (χ0) is 20.6. The van der Waals surface area contributed by atoms with E-state index in [4.69, 9.17) is 5.14 Å². The van der Waals surface area contributed by atoms with Crippen LogP contribution in [-0.4, -0.2) is 54.6 Å². The molecule has 1 saturated heterocycles. The Hall–Kier alpha value is -1.31. The van der Waals surface area contributed by atoms with E-state index in [-0.39, 0.29) is 14.9 Å². The zero-order valence-corrected chi connectivity index (χ0v) is 18.0. The molecule has 28 heavy (non-hydrogen) atoms. The number of sulfonamides is 1. The Morgan fingerprint density at radius 3 is 2.32 bits per heavy atom. The number of hydrogen-bond donors (Lipinski definition) is 2. The topological polar surface area (TPSA) is 140 Å². The van der Waals surface area contributed by atoms with Crippen molar-refractivity contribution in [2.75, 3.05) is 18.1 Å². The fourth-order valence-corrected chi connectivity index (χ4v) is 9.59. The fourth-order valence-electron chi connectivity index (χ4n) is 3.13. The van der Waals surface area contributed by atoms with Gasteiger partial charge in [0.1, 0.15) is 4.21 Å². The van der Waals surface area contributed by atoms with Crippen LogP contribution in [-0.2, 0) is 36.1 Å². The predicted molar refractivity (Wildman–Crippen MR) is 107 cm³/mol. The molecule has 2 atom stereocenters. The van der Waals surface area contributed by atoms with Gasteiger partial charge in [-0.25, -0.2) is 30.4 Å². The first kappa shape index (κ1) is 21.4. The molecule has 0 radical (unpaired) electrons. The number of thiophene rings is 1. The molecular formula is C16H20N2O6S4. The van der Waals surface area contributed by atoms with Gasteiger partial charge in [0.25, 0.3) is 0 Å². The highest BCUT2D eigenvalue weighted by atomic mass is 32.2. The SMILES string of the molecule is NS(=O)(=O)c1ccc(CCN[C@H]2CS(=O)(=O)C[C@@H]2S(=O)(=O)c2cccs2)cc1. The highest BCUT2D eigenvalue weighted by Crippen LogP contribution is 2.28. The van der Waals surface area contributed by atoms with Crippen LogP contribution in [0.1, 0.15) is 5.56 Å². The minimum absolute atomic E-state index is 0.00759. The van der Waals surface area contributed by atoms with Crippen LogP contribution in [0.25, 0.3) is 0 Å². The summed E-state index contributed by atoms with van der Waals surface area (Å²) < 4.78 is 72.4. The lowest BCUT2D eigenvalue weighted by Crippen LogP contribution is -2.43. The molecule has 3 rings (SSSR count). The van der Waals surface area contributed by atoms with Crippen LogP contribution in [0.3, 0.4) is 0 Å². The molecule has 3 N–H and O–H groups in total. The summed E-state index contributed by atoms with van der Waals surface area (Å²) in [4.78, 5) is 0.00759. The molecule has 154 valence electrons. The summed E-state index contributed by atoms with van der Waals surface area (Å²) >= 11 is 1.07. The maximum absolute atomic E-state index is 12.8. The van der Waals surface area contributed by atoms with Crippen LogP contribution >= 0.6 is 11.3 Å². The summed E-state index contributed by atoms with van der Waals surface area (Å²) in [5, 5.41) is 8.73. The molecule has 1 aromatic carbocycles. The Kier molecular flexibility index (Phi) is 5.99. The number of hydrogen-bond acceptors (Lipinski definition) is 8. The van der Waals surface area contributed by atoms with Crippen LogP contribution in [0.5, 0.6) is 0 Å². The first-order chi connectivity index (χ1) is 13.0. The lowest BCUT2D eigenvalue weighted by atomic mass is 10.1. The third-order valence-electron chi connectivity index (χ3n) is 4.55. The summed E-state index contributed by atoms with van der Waals surface area (Å²) in [6.45, 7) is 0.353. The first-order valence-electron chi connectivity index (χ1n) is 8.32. The van der Waals surface area contributed by atoms with Crippen LogP contribution in [0.4, 0.5) is 0 Å². The minimum atomic E-state index is -3.76. The average Bonchev–Trinajstić information content (AvgIpc) is 3.23. The predicted octanol–water partition coefficient (Wildman–Crippen LogP) is 0.167. The largest absolute Gasteiger partial charge is 0.311 e. The number of nitrogens with two attached hydrogens (primary N) is 1. The van der Waals surface area contributed by atoms with Crippen molar-refractivity contribution >= 4 is 41.0 Å². The Bertz CT molecular complexity index is 1140. The molecular weight excluding hydrogens is 444 g/mol. The van der Waals surface area contributed by atoms with E-state index < -0.39 is 46.7 Å². The van der Waals surface area contributed by atoms with Crippen LogP contribution in [0.15, 0.2) is 50.9 Å². The van der Waals surface area contributed by atoms with Crippen LogP contribution in [0, 0.1) is 0 Å². The van der Waals surface area contributed by atoms with Gasteiger partial charge in [-0.15, -0.1) is 11.3 Å². The second-order valence-corrected chi connectivity index (χ2v) is 13.6. The Balaban J connectivity index is 1.68. The Morgan fingerprint density at radius 2 is 1.75 bits per heavy atom. The van der Waals surface area contributed by atoms with Crippen LogP contribution < -0.4 is 10.5 Å². The highest BCUT2D eigenvalue weighted by Gasteiger charge is 2.45. The smallest absolute Gasteiger partial charge is 0.238 e. The summed E-state index contributed by atoms with van der Waals surface area (Å²) in [7, 11) is -10.9. The van der Waals surface area contributed by atoms with Crippen molar-refractivity contribution in [3.05, 3.63) is 47.3 Å². The van der Waals surface area contributed by atoms with E-state index in [1.165, 1.54) is 18.2 Å². The molecule has 1 fully saturated rings. The van der Waals surface area contributed by atoms with Gasteiger partial charge in [-0.3, -0.25) is 0 Å². The lowest BCUT2D eigenvalue weighted by molar-refractivity contribution is 0.529. The number of rotatable bonds is 7. The summed E-state index contributed by atoms with van der Waals surface area (Å²) in [5.41, 5.74) is 0.818. The van der Waals surface area contributed by atoms with Crippen molar-refractivity contribution in [3.8, 4) is 0 Å². The van der Waals surface area contributed by atoms with Crippen LogP contribution in [0.2, 0.25) is 0 Å². The number of primary sulfonamides is 1. The van der Waals surface area contributed by atoms with Crippen molar-refractivity contribution in [3.63, 3.8) is 0 Å². The summed E-state index contributed by atoms with van der Waals surface area (Å²) in [6, 6.07) is 8.44. The third kappa shape index (κ3) is 4.81. The maximum Gasteiger partial charge on any atom is 0.238 e. The number of benzene rings is 1. The molecule has 0 spiro atoms. The van der Waals surface area contributed by atoms with Gasteiger partial charge in [-0.1, -0.05) is 18.2 Å². The first-order valence-corrected chi connectivity index (χ1v) is 14.1. The highest BCUT2D eigenvalue weighted by molar-refractivity contribution is 7.97. The Morgan fingerprint density at radius 1 is 1.07 bits per heavy atom. The standard InChI is InChI=1S/C16H20N2O6S4/c17-28(23,24)13-5-3-12(4-6-13)7-8-18-14-10-26(19,20)11-15(14)27(21,22)16-2-1-9-25-16/h1-6,9,14-15,18H,7-8,10-11H2,(H2,17,23,24)/t14-,15-/m0/s1. The van der Waals surface area contributed by atoms with Crippen molar-refractivity contribution in [2.24, 2.45) is 5.14 Å². The van der Waals surface area contributed by atoms with Gasteiger partial charge < -0.3 is 5.32 Å². The van der Waals surface area contributed by atoms with E-state index in [0.717, 1.165) is 16.9 Å². The van der Waals surface area contributed by atoms with E-state index >= 15 is 0 Å². The van der Waals surface area contributed by atoms with Gasteiger partial charge in [0.2, 0.25) is 10.0 Å². The monoisotopic (exact) mass is 464 g/mol. The van der Waals surface area contributed by atoms with E-state index in [9.17, 15) is 25.3 Å². The van der Waals surface area contributed by atoms with Crippen molar-refractivity contribution in [1.29, 1.82) is 0 Å². The molecule has 0 bridgehead atoms. The molecule has 0 saturated carbocycles. The van der Waals surface area contributed by atoms with E-state index in [0.29, 0.717) is 13.0 Å². The summed E-state index contributed by atoms with van der Waals surface area (Å²) in [6.07, 6.45) is 0.479. The normalized spacial score (nSPS) is 22.3. The van der Waals surface area contributed by atoms with Gasteiger partial charge in [0, 0.05) is 6.04 Å². The second-order valence-electron chi connectivity index (χ2n) is 6.59. The number of nitrogens with one attached hydrogen (secondary N) is 1. The molecule has 2 aromatic rings. The van der Waals surface area contributed by atoms with E-state index in [1.54, 1.807) is 23.6 Å². The quantitative estimate of drug-likeness (QED) is 0.595. The molecule has 0 aliphatic carbocycles. The van der Waals surface area contributed by atoms with Gasteiger partial charge >= 0.3 is 0 Å². The lowest BCUT2D eigenvalue weighted by Gasteiger charge is -2.19. The minimum Gasteiger partial charge on any atom is -0.311 e. The van der Waals surface area contributed by atoms with Crippen molar-refractivity contribution < 1.29 is 25.3 Å². The molecule has 8 nitrogen and oxygen atoms in total. The van der Waals surface area contributed by atoms with Crippen molar-refractivity contribution in [1.82, 2.24) is 5.32 Å². The number of sulfone groups is 2. The van der Waals surface area contributed by atoms with Gasteiger partial charge in [-0.05, 0) is 42.1 Å². The fraction of sp³-hybridized carbons (Fsp3) is 0.375. The molecule has 0 unspecified atom stereocenters. The Labute approximate surface area is 168 Å². The summed E-state index contributed by atoms with van der Waals surface area (Å²) in [5.74, 6) is -0.624.